The van der Waals surface area contributed by atoms with Crippen molar-refractivity contribution in [3.8, 4) is 0 Å². The number of ketones is 1. The molecule has 2 heteroatoms. The summed E-state index contributed by atoms with van der Waals surface area (Å²) in [7, 11) is 2.19. The minimum absolute atomic E-state index is 0.315. The van der Waals surface area contributed by atoms with Gasteiger partial charge in [0.2, 0.25) is 0 Å². The Hall–Kier alpha value is -0.370. The van der Waals surface area contributed by atoms with Crippen molar-refractivity contribution in [2.24, 2.45) is 17.8 Å². The fourth-order valence-electron chi connectivity index (χ4n) is 2.96. The van der Waals surface area contributed by atoms with Crippen LogP contribution < -0.4 is 0 Å². The maximum absolute atomic E-state index is 11.9. The number of Topliss-reactive ketones (excluding diaryl/α,β-unsaturated/α-hetero) is 1. The molecule has 92 valence electrons. The molecule has 0 aromatic carbocycles. The van der Waals surface area contributed by atoms with Crippen molar-refractivity contribution in [1.29, 1.82) is 0 Å². The Morgan fingerprint density at radius 3 is 2.69 bits per heavy atom. The first kappa shape index (κ1) is 12.1. The van der Waals surface area contributed by atoms with E-state index in [4.69, 9.17) is 0 Å². The van der Waals surface area contributed by atoms with Crippen LogP contribution in [-0.2, 0) is 4.79 Å². The van der Waals surface area contributed by atoms with E-state index >= 15 is 0 Å². The quantitative estimate of drug-likeness (QED) is 0.730. The van der Waals surface area contributed by atoms with Gasteiger partial charge in [0, 0.05) is 24.9 Å². The van der Waals surface area contributed by atoms with Gasteiger partial charge in [-0.05, 0) is 51.5 Å². The Labute approximate surface area is 99.4 Å². The number of rotatable bonds is 4. The summed E-state index contributed by atoms with van der Waals surface area (Å²) >= 11 is 0. The summed E-state index contributed by atoms with van der Waals surface area (Å²) in [5, 5.41) is 0. The van der Waals surface area contributed by atoms with Crippen LogP contribution in [0.5, 0.6) is 0 Å². The summed E-state index contributed by atoms with van der Waals surface area (Å²) in [6.07, 6.45) is 5.82. The fourth-order valence-corrected chi connectivity index (χ4v) is 2.96. The molecule has 2 nitrogen and oxygen atoms in total. The molecule has 0 bridgehead atoms. The van der Waals surface area contributed by atoms with Crippen LogP contribution in [0.1, 0.15) is 46.0 Å². The van der Waals surface area contributed by atoms with Crippen LogP contribution in [0.2, 0.25) is 0 Å². The summed E-state index contributed by atoms with van der Waals surface area (Å²) in [5.41, 5.74) is 0. The van der Waals surface area contributed by atoms with E-state index in [0.717, 1.165) is 37.6 Å². The van der Waals surface area contributed by atoms with Gasteiger partial charge in [0.1, 0.15) is 5.78 Å². The second kappa shape index (κ2) is 4.87. The molecule has 0 saturated heterocycles. The Balaban J connectivity index is 1.84. The minimum atomic E-state index is 0.315. The predicted molar refractivity (Wildman–Crippen MR) is 66.3 cm³/mol. The van der Waals surface area contributed by atoms with Crippen molar-refractivity contribution < 1.29 is 4.79 Å². The molecule has 0 aromatic heterocycles. The second-order valence-corrected chi connectivity index (χ2v) is 6.06. The standard InChI is InChI=1S/C14H25NO/c1-10-4-7-14(16)13(8-10)9-15(3)11(2)12-5-6-12/h10-13H,4-9H2,1-3H3. The van der Waals surface area contributed by atoms with Gasteiger partial charge in [-0.15, -0.1) is 0 Å². The van der Waals surface area contributed by atoms with E-state index < -0.39 is 0 Å². The number of nitrogens with zero attached hydrogens (tertiary/aromatic N) is 1. The van der Waals surface area contributed by atoms with Crippen LogP contribution in [0, 0.1) is 17.8 Å². The van der Waals surface area contributed by atoms with Gasteiger partial charge in [-0.1, -0.05) is 6.92 Å². The van der Waals surface area contributed by atoms with Gasteiger partial charge < -0.3 is 4.90 Å². The number of carbonyl (C=O) groups is 1. The largest absolute Gasteiger partial charge is 0.303 e. The molecule has 2 saturated carbocycles. The van der Waals surface area contributed by atoms with Crippen LogP contribution in [0.15, 0.2) is 0 Å². The molecule has 0 aliphatic heterocycles. The Morgan fingerprint density at radius 2 is 2.06 bits per heavy atom. The average molecular weight is 223 g/mol. The third kappa shape index (κ3) is 2.85. The van der Waals surface area contributed by atoms with Crippen molar-refractivity contribution >= 4 is 5.78 Å². The van der Waals surface area contributed by atoms with E-state index in [-0.39, 0.29) is 0 Å². The molecule has 0 N–H and O–H groups in total. The molecule has 2 aliphatic carbocycles. The Morgan fingerprint density at radius 1 is 1.38 bits per heavy atom. The van der Waals surface area contributed by atoms with Crippen molar-refractivity contribution in [2.45, 2.75) is 52.0 Å². The van der Waals surface area contributed by atoms with Gasteiger partial charge in [0.25, 0.3) is 0 Å². The molecule has 3 atom stereocenters. The third-order valence-electron chi connectivity index (χ3n) is 4.53. The van der Waals surface area contributed by atoms with Crippen molar-refractivity contribution in [3.05, 3.63) is 0 Å². The number of hydrogen-bond donors (Lipinski definition) is 0. The highest BCUT2D eigenvalue weighted by atomic mass is 16.1. The third-order valence-corrected chi connectivity index (χ3v) is 4.53. The van der Waals surface area contributed by atoms with E-state index in [1.807, 2.05) is 0 Å². The zero-order valence-corrected chi connectivity index (χ0v) is 10.9. The zero-order chi connectivity index (χ0) is 11.7. The number of carbonyl (C=O) groups excluding carboxylic acids is 1. The fraction of sp³-hybridized carbons (Fsp3) is 0.929. The lowest BCUT2D eigenvalue weighted by Crippen LogP contribution is -2.39. The molecule has 2 fully saturated rings. The smallest absolute Gasteiger partial charge is 0.137 e. The first-order valence-electron chi connectivity index (χ1n) is 6.81. The van der Waals surface area contributed by atoms with Crippen LogP contribution >= 0.6 is 0 Å². The molecule has 2 aliphatic rings. The van der Waals surface area contributed by atoms with Gasteiger partial charge in [0.05, 0.1) is 0 Å². The van der Waals surface area contributed by atoms with E-state index in [2.05, 4.69) is 25.8 Å². The summed E-state index contributed by atoms with van der Waals surface area (Å²) in [5.74, 6) is 2.47. The van der Waals surface area contributed by atoms with Gasteiger partial charge in [-0.25, -0.2) is 0 Å². The molecule has 0 heterocycles. The van der Waals surface area contributed by atoms with Crippen LogP contribution in [0.25, 0.3) is 0 Å². The van der Waals surface area contributed by atoms with Crippen LogP contribution in [-0.4, -0.2) is 30.3 Å². The summed E-state index contributed by atoms with van der Waals surface area (Å²) < 4.78 is 0. The highest BCUT2D eigenvalue weighted by molar-refractivity contribution is 5.81. The SMILES string of the molecule is CC1CCC(=O)C(CN(C)C(C)C2CC2)C1. The monoisotopic (exact) mass is 223 g/mol. The average Bonchev–Trinajstić information content (AvgIpc) is 3.06. The van der Waals surface area contributed by atoms with E-state index in [1.165, 1.54) is 12.8 Å². The lowest BCUT2D eigenvalue weighted by molar-refractivity contribution is -0.126. The topological polar surface area (TPSA) is 20.3 Å². The molecular formula is C14H25NO. The van der Waals surface area contributed by atoms with Crippen molar-refractivity contribution in [1.82, 2.24) is 4.90 Å². The molecule has 0 aromatic rings. The van der Waals surface area contributed by atoms with Gasteiger partial charge >= 0.3 is 0 Å². The van der Waals surface area contributed by atoms with Crippen LogP contribution in [0.3, 0.4) is 0 Å². The zero-order valence-electron chi connectivity index (χ0n) is 10.9. The number of hydrogen-bond acceptors (Lipinski definition) is 2. The van der Waals surface area contributed by atoms with E-state index in [0.29, 0.717) is 17.7 Å². The van der Waals surface area contributed by atoms with Gasteiger partial charge in [-0.3, -0.25) is 4.79 Å². The Kier molecular flexibility index (Phi) is 3.68. The van der Waals surface area contributed by atoms with E-state index in [9.17, 15) is 4.79 Å². The lowest BCUT2D eigenvalue weighted by atomic mass is 9.81. The first-order valence-corrected chi connectivity index (χ1v) is 6.81. The predicted octanol–water partition coefficient (Wildman–Crippen LogP) is 2.72. The molecule has 0 radical (unpaired) electrons. The molecule has 0 spiro atoms. The van der Waals surface area contributed by atoms with Crippen LogP contribution in [0.4, 0.5) is 0 Å². The van der Waals surface area contributed by atoms with Crippen molar-refractivity contribution in [3.63, 3.8) is 0 Å². The van der Waals surface area contributed by atoms with Crippen molar-refractivity contribution in [2.75, 3.05) is 13.6 Å². The highest BCUT2D eigenvalue weighted by Gasteiger charge is 2.33. The minimum Gasteiger partial charge on any atom is -0.303 e. The maximum atomic E-state index is 11.9. The normalized spacial score (nSPS) is 33.1. The summed E-state index contributed by atoms with van der Waals surface area (Å²) in [6.45, 7) is 5.58. The highest BCUT2D eigenvalue weighted by Crippen LogP contribution is 2.35. The Bertz CT molecular complexity index is 259. The summed E-state index contributed by atoms with van der Waals surface area (Å²) in [4.78, 5) is 14.3. The molecule has 16 heavy (non-hydrogen) atoms. The maximum Gasteiger partial charge on any atom is 0.137 e. The first-order chi connectivity index (χ1) is 7.58. The van der Waals surface area contributed by atoms with Gasteiger partial charge in [-0.2, -0.15) is 0 Å². The molecule has 2 rings (SSSR count). The van der Waals surface area contributed by atoms with Gasteiger partial charge in [0.15, 0.2) is 0 Å². The second-order valence-electron chi connectivity index (χ2n) is 6.06. The molecule has 0 amide bonds. The molecular weight excluding hydrogens is 198 g/mol. The molecule has 3 unspecified atom stereocenters. The lowest BCUT2D eigenvalue weighted by Gasteiger charge is -2.32. The van der Waals surface area contributed by atoms with E-state index in [1.54, 1.807) is 0 Å². The summed E-state index contributed by atoms with van der Waals surface area (Å²) in [6, 6.07) is 0.671.